The van der Waals surface area contributed by atoms with E-state index in [1.54, 1.807) is 24.3 Å². The van der Waals surface area contributed by atoms with Crippen LogP contribution in [0.5, 0.6) is 0 Å². The number of carbonyl (C=O) groups excluding carboxylic acids is 2. The molecular weight excluding hydrogens is 516 g/mol. The summed E-state index contributed by atoms with van der Waals surface area (Å²) in [5, 5.41) is 13.9. The largest absolute Gasteiger partial charge is 0.444 e. The molecule has 0 spiro atoms. The molecule has 3 aromatic carbocycles. The Kier molecular flexibility index (Phi) is 10.1. The minimum atomic E-state index is -2.93. The van der Waals surface area contributed by atoms with Crippen LogP contribution in [0.2, 0.25) is 5.04 Å². The molecule has 0 heterocycles. The molecule has 0 saturated carbocycles. The molecule has 0 aliphatic carbocycles. The lowest BCUT2D eigenvalue weighted by molar-refractivity contribution is 0.0495. The predicted octanol–water partition coefficient (Wildman–Crippen LogP) is 5.99. The van der Waals surface area contributed by atoms with Crippen LogP contribution in [0.3, 0.4) is 0 Å². The third-order valence-electron chi connectivity index (χ3n) is 6.66. The zero-order valence-corrected chi connectivity index (χ0v) is 25.4. The zero-order chi connectivity index (χ0) is 29.4. The van der Waals surface area contributed by atoms with Crippen LogP contribution in [0.1, 0.15) is 70.3 Å². The van der Waals surface area contributed by atoms with E-state index in [0.717, 1.165) is 10.4 Å². The van der Waals surface area contributed by atoms with E-state index in [4.69, 9.17) is 14.4 Å². The zero-order valence-electron chi connectivity index (χ0n) is 24.4. The molecule has 0 radical (unpaired) electrons. The van der Waals surface area contributed by atoms with Crippen LogP contribution in [0.15, 0.2) is 84.9 Å². The first-order chi connectivity index (χ1) is 18.9. The van der Waals surface area contributed by atoms with Gasteiger partial charge >= 0.3 is 6.09 Å². The van der Waals surface area contributed by atoms with Gasteiger partial charge in [0.15, 0.2) is 5.78 Å². The number of nitriles is 1. The Morgan fingerprint density at radius 3 is 1.82 bits per heavy atom. The highest BCUT2D eigenvalue weighted by molar-refractivity contribution is 6.99. The number of hydrogen-bond donors (Lipinski definition) is 1. The molecule has 0 bridgehead atoms. The van der Waals surface area contributed by atoms with Gasteiger partial charge in [0.25, 0.3) is 8.32 Å². The van der Waals surface area contributed by atoms with Gasteiger partial charge in [0.1, 0.15) is 5.60 Å². The molecule has 1 unspecified atom stereocenters. The first-order valence-corrected chi connectivity index (χ1v) is 15.6. The first kappa shape index (κ1) is 30.8. The van der Waals surface area contributed by atoms with Crippen LogP contribution in [-0.2, 0) is 9.16 Å². The van der Waals surface area contributed by atoms with E-state index in [1.165, 1.54) is 0 Å². The number of ether oxygens (including phenoxy) is 1. The number of nitrogens with zero attached hydrogens (tertiary/aromatic N) is 1. The molecular formula is C33H40N2O4Si. The second-order valence-electron chi connectivity index (χ2n) is 11.9. The fourth-order valence-corrected chi connectivity index (χ4v) is 9.54. The fourth-order valence-electron chi connectivity index (χ4n) is 4.82. The molecule has 1 N–H and O–H groups in total. The second kappa shape index (κ2) is 13.1. The number of carbonyl (C=O) groups is 2. The first-order valence-electron chi connectivity index (χ1n) is 13.6. The van der Waals surface area contributed by atoms with Gasteiger partial charge in [-0.05, 0) is 54.7 Å². The van der Waals surface area contributed by atoms with Crippen molar-refractivity contribution in [1.29, 1.82) is 5.26 Å². The number of alkyl carbamates (subject to hydrolysis) is 1. The summed E-state index contributed by atoms with van der Waals surface area (Å²) in [6.07, 6.45) is -0.354. The Hall–Kier alpha value is -3.73. The van der Waals surface area contributed by atoms with Crippen LogP contribution in [0.25, 0.3) is 0 Å². The maximum Gasteiger partial charge on any atom is 0.407 e. The van der Waals surface area contributed by atoms with E-state index in [-0.39, 0.29) is 23.8 Å². The molecule has 7 heteroatoms. The quantitative estimate of drug-likeness (QED) is 0.245. The number of rotatable bonds is 10. The Balaban J connectivity index is 1.98. The van der Waals surface area contributed by atoms with Gasteiger partial charge in [0.2, 0.25) is 0 Å². The summed E-state index contributed by atoms with van der Waals surface area (Å²) in [5.41, 5.74) is 0.415. The number of hydrogen-bond acceptors (Lipinski definition) is 5. The van der Waals surface area contributed by atoms with Gasteiger partial charge in [-0.15, -0.1) is 0 Å². The van der Waals surface area contributed by atoms with E-state index in [2.05, 4.69) is 56.4 Å². The number of nitrogens with one attached hydrogen (secondary N) is 1. The van der Waals surface area contributed by atoms with Crippen LogP contribution in [-0.4, -0.2) is 38.4 Å². The van der Waals surface area contributed by atoms with Gasteiger partial charge in [0, 0.05) is 18.5 Å². The normalized spacial score (nSPS) is 12.7. The topological polar surface area (TPSA) is 88.4 Å². The van der Waals surface area contributed by atoms with Gasteiger partial charge in [0.05, 0.1) is 17.7 Å². The van der Waals surface area contributed by atoms with Crippen molar-refractivity contribution in [1.82, 2.24) is 5.32 Å². The predicted molar refractivity (Wildman–Crippen MR) is 161 cm³/mol. The Morgan fingerprint density at radius 1 is 0.850 bits per heavy atom. The number of Topliss-reactive ketones (excluding diaryl/α,β-unsaturated/α-hetero) is 1. The highest BCUT2D eigenvalue weighted by Gasteiger charge is 2.51. The van der Waals surface area contributed by atoms with Crippen molar-refractivity contribution < 1.29 is 18.8 Å². The van der Waals surface area contributed by atoms with Crippen molar-refractivity contribution >= 4 is 30.6 Å². The third-order valence-corrected chi connectivity index (χ3v) is 11.8. The minimum absolute atomic E-state index is 0.0437. The van der Waals surface area contributed by atoms with Gasteiger partial charge < -0.3 is 14.5 Å². The van der Waals surface area contributed by atoms with Gasteiger partial charge in [-0.25, -0.2) is 4.79 Å². The summed E-state index contributed by atoms with van der Waals surface area (Å²) in [6, 6.07) is 29.3. The molecule has 1 atom stereocenters. The molecule has 0 aromatic heterocycles. The van der Waals surface area contributed by atoms with Crippen molar-refractivity contribution in [3.63, 3.8) is 0 Å². The SMILES string of the molecule is CC(C)(C)OC(=O)NCC(CCC(=O)c1ccc(C#N)cc1)O[Si](c1ccccc1)(c1ccccc1)C(C)(C)C. The van der Waals surface area contributed by atoms with Crippen LogP contribution in [0, 0.1) is 11.3 Å². The lowest BCUT2D eigenvalue weighted by Gasteiger charge is -2.45. The van der Waals surface area contributed by atoms with Crippen LogP contribution in [0.4, 0.5) is 4.79 Å². The number of ketones is 1. The van der Waals surface area contributed by atoms with E-state index < -0.39 is 26.1 Å². The van der Waals surface area contributed by atoms with Crippen molar-refractivity contribution in [3.8, 4) is 6.07 Å². The summed E-state index contributed by atoms with van der Waals surface area (Å²) in [6.45, 7) is 12.2. The highest BCUT2D eigenvalue weighted by Crippen LogP contribution is 2.38. The van der Waals surface area contributed by atoms with E-state index in [1.807, 2.05) is 57.2 Å². The van der Waals surface area contributed by atoms with Gasteiger partial charge in [-0.1, -0.05) is 93.6 Å². The van der Waals surface area contributed by atoms with Crippen molar-refractivity contribution in [3.05, 3.63) is 96.1 Å². The molecule has 0 aliphatic heterocycles. The molecule has 0 saturated heterocycles. The maximum absolute atomic E-state index is 13.1. The molecule has 0 fully saturated rings. The monoisotopic (exact) mass is 556 g/mol. The smallest absolute Gasteiger partial charge is 0.407 e. The second-order valence-corrected chi connectivity index (χ2v) is 16.2. The summed E-state index contributed by atoms with van der Waals surface area (Å²) in [7, 11) is -2.93. The van der Waals surface area contributed by atoms with Crippen LogP contribution < -0.4 is 15.7 Å². The van der Waals surface area contributed by atoms with Crippen LogP contribution >= 0.6 is 0 Å². The maximum atomic E-state index is 13.1. The van der Waals surface area contributed by atoms with Crippen molar-refractivity contribution in [2.24, 2.45) is 0 Å². The van der Waals surface area contributed by atoms with E-state index >= 15 is 0 Å². The molecule has 1 amide bonds. The summed E-state index contributed by atoms with van der Waals surface area (Å²) < 4.78 is 12.7. The molecule has 3 aromatic rings. The third kappa shape index (κ3) is 7.90. The van der Waals surface area contributed by atoms with Crippen molar-refractivity contribution in [2.75, 3.05) is 6.54 Å². The fraction of sp³-hybridized carbons (Fsp3) is 0.364. The van der Waals surface area contributed by atoms with E-state index in [0.29, 0.717) is 17.5 Å². The van der Waals surface area contributed by atoms with Gasteiger partial charge in [-0.3, -0.25) is 4.79 Å². The lowest BCUT2D eigenvalue weighted by Crippen LogP contribution is -2.68. The van der Waals surface area contributed by atoms with E-state index in [9.17, 15) is 9.59 Å². The summed E-state index contributed by atoms with van der Waals surface area (Å²) in [4.78, 5) is 25.8. The molecule has 210 valence electrons. The highest BCUT2D eigenvalue weighted by atomic mass is 28.4. The molecule has 40 heavy (non-hydrogen) atoms. The lowest BCUT2D eigenvalue weighted by atomic mass is 10.0. The average molecular weight is 557 g/mol. The Labute approximate surface area is 239 Å². The summed E-state index contributed by atoms with van der Waals surface area (Å²) >= 11 is 0. The molecule has 6 nitrogen and oxygen atoms in total. The van der Waals surface area contributed by atoms with Gasteiger partial charge in [-0.2, -0.15) is 5.26 Å². The molecule has 3 rings (SSSR count). The molecule has 0 aliphatic rings. The Morgan fingerprint density at radius 2 is 1.38 bits per heavy atom. The summed E-state index contributed by atoms with van der Waals surface area (Å²) in [5.74, 6) is -0.0437. The Bertz CT molecular complexity index is 1270. The van der Waals surface area contributed by atoms with Crippen molar-refractivity contribution in [2.45, 2.75) is 71.1 Å². The number of amides is 1. The number of benzene rings is 3. The standard InChI is InChI=1S/C33H40N2O4Si/c1-32(2,3)38-31(37)35-24-27(21-22-30(36)26-19-17-25(23-34)18-20-26)39-40(33(4,5)6,28-13-9-7-10-14-28)29-15-11-8-12-16-29/h7-20,27H,21-22,24H2,1-6H3,(H,35,37). The average Bonchev–Trinajstić information content (AvgIpc) is 2.92. The minimum Gasteiger partial charge on any atom is -0.444 e.